The lowest BCUT2D eigenvalue weighted by atomic mass is 10.0. The Morgan fingerprint density at radius 1 is 0.800 bits per heavy atom. The van der Waals surface area contributed by atoms with Crippen LogP contribution in [0.5, 0.6) is 5.75 Å². The molecule has 6 heteroatoms. The number of carbonyl (C=O) groups is 2. The third-order valence-corrected chi connectivity index (χ3v) is 5.46. The van der Waals surface area contributed by atoms with Crippen LogP contribution in [0.3, 0.4) is 0 Å². The molecule has 6 nitrogen and oxygen atoms in total. The van der Waals surface area contributed by atoms with E-state index in [1.54, 1.807) is 50.6 Å². The highest BCUT2D eigenvalue weighted by molar-refractivity contribution is 5.90. The van der Waals surface area contributed by atoms with E-state index in [0.717, 1.165) is 27.8 Å². The number of rotatable bonds is 7. The van der Waals surface area contributed by atoms with Crippen LogP contribution in [-0.4, -0.2) is 35.6 Å². The maximum absolute atomic E-state index is 12.6. The lowest BCUT2D eigenvalue weighted by molar-refractivity contribution is 0.0526. The van der Waals surface area contributed by atoms with Crippen molar-refractivity contribution < 1.29 is 19.1 Å². The van der Waals surface area contributed by atoms with Crippen LogP contribution in [0.25, 0.3) is 22.3 Å². The molecule has 0 fully saturated rings. The van der Waals surface area contributed by atoms with Gasteiger partial charge in [-0.05, 0) is 77.2 Å². The molecule has 3 aromatic carbocycles. The Morgan fingerprint density at radius 3 is 2.09 bits per heavy atom. The fourth-order valence-corrected chi connectivity index (χ4v) is 3.64. The van der Waals surface area contributed by atoms with Crippen LogP contribution in [-0.2, 0) is 11.3 Å². The molecule has 0 aliphatic carbocycles. The Balaban J connectivity index is 1.36. The van der Waals surface area contributed by atoms with Gasteiger partial charge in [-0.15, -0.1) is 0 Å². The topological polar surface area (TPSA) is 68.7 Å². The minimum absolute atomic E-state index is 0.338. The highest BCUT2D eigenvalue weighted by Crippen LogP contribution is 2.24. The molecule has 0 saturated heterocycles. The lowest BCUT2D eigenvalue weighted by Gasteiger charge is -2.17. The van der Waals surface area contributed by atoms with E-state index in [1.807, 2.05) is 54.6 Å². The summed E-state index contributed by atoms with van der Waals surface area (Å²) in [7, 11) is 1.71. The van der Waals surface area contributed by atoms with E-state index in [2.05, 4.69) is 11.1 Å². The average Bonchev–Trinajstić information content (AvgIpc) is 2.90. The second-order valence-electron chi connectivity index (χ2n) is 7.98. The largest absolute Gasteiger partial charge is 0.462 e. The summed E-state index contributed by atoms with van der Waals surface area (Å²) in [4.78, 5) is 30.0. The van der Waals surface area contributed by atoms with Gasteiger partial charge in [0, 0.05) is 26.0 Å². The van der Waals surface area contributed by atoms with Crippen LogP contribution in [0.2, 0.25) is 0 Å². The molecule has 35 heavy (non-hydrogen) atoms. The molecule has 1 aromatic heterocycles. The summed E-state index contributed by atoms with van der Waals surface area (Å²) in [5.74, 6) is 0.119. The number of benzene rings is 3. The van der Waals surface area contributed by atoms with Crippen LogP contribution in [0, 0.1) is 0 Å². The summed E-state index contributed by atoms with van der Waals surface area (Å²) in [6, 6.07) is 26.4. The van der Waals surface area contributed by atoms with Gasteiger partial charge in [0.25, 0.3) is 0 Å². The molecule has 0 aliphatic rings. The van der Waals surface area contributed by atoms with Crippen LogP contribution >= 0.6 is 0 Å². The zero-order valence-electron chi connectivity index (χ0n) is 19.7. The second-order valence-corrected chi connectivity index (χ2v) is 7.98. The van der Waals surface area contributed by atoms with E-state index in [1.165, 1.54) is 4.90 Å². The van der Waals surface area contributed by atoms with E-state index in [0.29, 0.717) is 24.5 Å². The summed E-state index contributed by atoms with van der Waals surface area (Å²) in [6.45, 7) is 2.54. The molecular formula is C29H26N2O4. The normalized spacial score (nSPS) is 10.5. The van der Waals surface area contributed by atoms with Crippen molar-refractivity contribution in [3.8, 4) is 28.0 Å². The number of esters is 1. The van der Waals surface area contributed by atoms with Crippen molar-refractivity contribution in [2.75, 3.05) is 13.7 Å². The van der Waals surface area contributed by atoms with Gasteiger partial charge in [-0.25, -0.2) is 9.59 Å². The number of carbonyl (C=O) groups excluding carboxylic acids is 2. The van der Waals surface area contributed by atoms with Gasteiger partial charge in [-0.1, -0.05) is 42.5 Å². The first-order valence-electron chi connectivity index (χ1n) is 11.3. The minimum atomic E-state index is -0.439. The van der Waals surface area contributed by atoms with Gasteiger partial charge in [0.1, 0.15) is 5.75 Å². The summed E-state index contributed by atoms with van der Waals surface area (Å²) >= 11 is 0. The number of ether oxygens (including phenoxy) is 2. The fraction of sp³-hybridized carbons (Fsp3) is 0.138. The first-order valence-corrected chi connectivity index (χ1v) is 11.3. The smallest absolute Gasteiger partial charge is 0.415 e. The molecule has 4 rings (SSSR count). The Bertz CT molecular complexity index is 1290. The maximum atomic E-state index is 12.6. The number of amides is 1. The summed E-state index contributed by atoms with van der Waals surface area (Å²) in [5, 5.41) is 0. The summed E-state index contributed by atoms with van der Waals surface area (Å²) in [5.41, 5.74) is 5.54. The SMILES string of the molecule is CCOC(=O)c1ccc(-c2ccc(OC(=O)N(C)Cc3cccc(-c4ccncc4)c3)cc2)cc1. The molecule has 0 radical (unpaired) electrons. The number of hydrogen-bond acceptors (Lipinski definition) is 5. The molecule has 4 aromatic rings. The fourth-order valence-electron chi connectivity index (χ4n) is 3.64. The predicted octanol–water partition coefficient (Wildman–Crippen LogP) is 6.22. The molecular weight excluding hydrogens is 440 g/mol. The second kappa shape index (κ2) is 11.1. The standard InChI is InChI=1S/C29H26N2O4/c1-3-34-28(32)25-9-7-22(8-10-25)23-11-13-27(14-12-23)35-29(33)31(2)20-21-5-4-6-26(19-21)24-15-17-30-18-16-24/h4-19H,3,20H2,1-2H3. The van der Waals surface area contributed by atoms with Crippen molar-refractivity contribution in [3.63, 3.8) is 0 Å². The van der Waals surface area contributed by atoms with E-state index >= 15 is 0 Å². The van der Waals surface area contributed by atoms with Gasteiger partial charge in [0.05, 0.1) is 12.2 Å². The predicted molar refractivity (Wildman–Crippen MR) is 135 cm³/mol. The van der Waals surface area contributed by atoms with Crippen molar-refractivity contribution in [1.29, 1.82) is 0 Å². The molecule has 0 spiro atoms. The summed E-state index contributed by atoms with van der Waals surface area (Å²) < 4.78 is 10.6. The monoisotopic (exact) mass is 466 g/mol. The Labute approximate surface area is 204 Å². The number of aromatic nitrogens is 1. The molecule has 0 aliphatic heterocycles. The summed E-state index contributed by atoms with van der Waals surface area (Å²) in [6.07, 6.45) is 3.08. The Kier molecular flexibility index (Phi) is 7.53. The molecule has 0 N–H and O–H groups in total. The van der Waals surface area contributed by atoms with Gasteiger partial charge < -0.3 is 14.4 Å². The van der Waals surface area contributed by atoms with Crippen molar-refractivity contribution in [1.82, 2.24) is 9.88 Å². The van der Waals surface area contributed by atoms with E-state index < -0.39 is 6.09 Å². The van der Waals surface area contributed by atoms with E-state index in [4.69, 9.17) is 9.47 Å². The van der Waals surface area contributed by atoms with E-state index in [-0.39, 0.29) is 5.97 Å². The highest BCUT2D eigenvalue weighted by Gasteiger charge is 2.13. The highest BCUT2D eigenvalue weighted by atomic mass is 16.6. The Hall–Kier alpha value is -4.45. The van der Waals surface area contributed by atoms with Gasteiger partial charge in [0.2, 0.25) is 0 Å². The van der Waals surface area contributed by atoms with Gasteiger partial charge in [-0.3, -0.25) is 4.98 Å². The molecule has 1 amide bonds. The average molecular weight is 467 g/mol. The molecule has 0 saturated carbocycles. The van der Waals surface area contributed by atoms with Crippen LogP contribution in [0.15, 0.2) is 97.3 Å². The van der Waals surface area contributed by atoms with Crippen LogP contribution in [0.1, 0.15) is 22.8 Å². The minimum Gasteiger partial charge on any atom is -0.462 e. The van der Waals surface area contributed by atoms with E-state index in [9.17, 15) is 9.59 Å². The van der Waals surface area contributed by atoms with Gasteiger partial charge in [-0.2, -0.15) is 0 Å². The molecule has 0 atom stereocenters. The van der Waals surface area contributed by atoms with Gasteiger partial charge in [0.15, 0.2) is 0 Å². The molecule has 1 heterocycles. The van der Waals surface area contributed by atoms with Crippen molar-refractivity contribution in [2.24, 2.45) is 0 Å². The molecule has 176 valence electrons. The molecule has 0 unspecified atom stereocenters. The Morgan fingerprint density at radius 2 is 1.43 bits per heavy atom. The third kappa shape index (κ3) is 6.12. The van der Waals surface area contributed by atoms with Crippen molar-refractivity contribution in [3.05, 3.63) is 108 Å². The van der Waals surface area contributed by atoms with Gasteiger partial charge >= 0.3 is 12.1 Å². The quantitative estimate of drug-likeness (QED) is 0.302. The van der Waals surface area contributed by atoms with Crippen LogP contribution < -0.4 is 4.74 Å². The first kappa shape index (κ1) is 23.7. The maximum Gasteiger partial charge on any atom is 0.415 e. The number of hydrogen-bond donors (Lipinski definition) is 0. The first-order chi connectivity index (χ1) is 17.0. The molecule has 0 bridgehead atoms. The van der Waals surface area contributed by atoms with Crippen LogP contribution in [0.4, 0.5) is 4.79 Å². The van der Waals surface area contributed by atoms with Crippen molar-refractivity contribution in [2.45, 2.75) is 13.5 Å². The zero-order chi connectivity index (χ0) is 24.6. The lowest BCUT2D eigenvalue weighted by Crippen LogP contribution is -2.29. The third-order valence-electron chi connectivity index (χ3n) is 5.46. The van der Waals surface area contributed by atoms with Crippen molar-refractivity contribution >= 4 is 12.1 Å². The number of nitrogens with zero attached hydrogens (tertiary/aromatic N) is 2. The number of pyridine rings is 1. The zero-order valence-corrected chi connectivity index (χ0v) is 19.7.